The molecule has 2 rings (SSSR count). The first kappa shape index (κ1) is 11.6. The molecule has 3 nitrogen and oxygen atoms in total. The molecule has 1 aliphatic carbocycles. The molecule has 1 N–H and O–H groups in total. The van der Waals surface area contributed by atoms with Crippen molar-refractivity contribution in [1.82, 2.24) is 9.78 Å². The SMILES string of the molecule is CCC1(C(O)Cc2cnn(C)c2)CCCC1. The molecule has 0 amide bonds. The average Bonchev–Trinajstić information content (AvgIpc) is 2.88. The molecule has 1 saturated carbocycles. The van der Waals surface area contributed by atoms with Crippen molar-refractivity contribution in [3.05, 3.63) is 18.0 Å². The van der Waals surface area contributed by atoms with E-state index >= 15 is 0 Å². The van der Waals surface area contributed by atoms with Crippen molar-refractivity contribution < 1.29 is 5.11 Å². The Morgan fingerprint density at radius 3 is 2.69 bits per heavy atom. The highest BCUT2D eigenvalue weighted by atomic mass is 16.3. The fourth-order valence-electron chi connectivity index (χ4n) is 3.02. The molecular weight excluding hydrogens is 200 g/mol. The van der Waals surface area contributed by atoms with Crippen LogP contribution in [0.5, 0.6) is 0 Å². The second-order valence-electron chi connectivity index (χ2n) is 5.17. The number of hydrogen-bond donors (Lipinski definition) is 1. The Labute approximate surface area is 97.5 Å². The number of aromatic nitrogens is 2. The van der Waals surface area contributed by atoms with Gasteiger partial charge in [-0.05, 0) is 30.2 Å². The molecule has 1 aliphatic rings. The van der Waals surface area contributed by atoms with Crippen LogP contribution < -0.4 is 0 Å². The molecule has 0 bridgehead atoms. The van der Waals surface area contributed by atoms with Gasteiger partial charge < -0.3 is 5.11 Å². The van der Waals surface area contributed by atoms with Crippen LogP contribution in [0.25, 0.3) is 0 Å². The van der Waals surface area contributed by atoms with Gasteiger partial charge >= 0.3 is 0 Å². The lowest BCUT2D eigenvalue weighted by molar-refractivity contribution is 0.0257. The van der Waals surface area contributed by atoms with Gasteiger partial charge in [-0.15, -0.1) is 0 Å². The summed E-state index contributed by atoms with van der Waals surface area (Å²) in [6.45, 7) is 2.21. The molecule has 0 radical (unpaired) electrons. The van der Waals surface area contributed by atoms with Crippen LogP contribution in [0, 0.1) is 5.41 Å². The first-order valence-electron chi connectivity index (χ1n) is 6.32. The zero-order chi connectivity index (χ0) is 11.6. The molecule has 1 aromatic rings. The fourth-order valence-corrected chi connectivity index (χ4v) is 3.02. The smallest absolute Gasteiger partial charge is 0.0637 e. The monoisotopic (exact) mass is 222 g/mol. The normalized spacial score (nSPS) is 21.2. The number of aryl methyl sites for hydroxylation is 1. The lowest BCUT2D eigenvalue weighted by atomic mass is 9.76. The van der Waals surface area contributed by atoms with E-state index in [0.29, 0.717) is 0 Å². The Morgan fingerprint density at radius 2 is 2.19 bits per heavy atom. The third-order valence-electron chi connectivity index (χ3n) is 4.20. The fraction of sp³-hybridized carbons (Fsp3) is 0.769. The summed E-state index contributed by atoms with van der Waals surface area (Å²) in [7, 11) is 1.92. The first-order chi connectivity index (χ1) is 7.66. The molecule has 1 heterocycles. The van der Waals surface area contributed by atoms with Gasteiger partial charge in [0.05, 0.1) is 12.3 Å². The van der Waals surface area contributed by atoms with E-state index in [0.717, 1.165) is 18.4 Å². The second-order valence-corrected chi connectivity index (χ2v) is 5.17. The van der Waals surface area contributed by atoms with Gasteiger partial charge in [-0.1, -0.05) is 19.8 Å². The summed E-state index contributed by atoms with van der Waals surface area (Å²) < 4.78 is 1.80. The maximum atomic E-state index is 10.4. The highest BCUT2D eigenvalue weighted by Crippen LogP contribution is 2.44. The van der Waals surface area contributed by atoms with Crippen LogP contribution in [-0.4, -0.2) is 21.0 Å². The van der Waals surface area contributed by atoms with Gasteiger partial charge in [0.2, 0.25) is 0 Å². The van der Waals surface area contributed by atoms with E-state index < -0.39 is 0 Å². The molecule has 0 aromatic carbocycles. The van der Waals surface area contributed by atoms with Crippen LogP contribution in [0.3, 0.4) is 0 Å². The van der Waals surface area contributed by atoms with Crippen molar-refractivity contribution >= 4 is 0 Å². The van der Waals surface area contributed by atoms with E-state index in [9.17, 15) is 5.11 Å². The van der Waals surface area contributed by atoms with E-state index in [-0.39, 0.29) is 11.5 Å². The Bertz CT molecular complexity index is 339. The van der Waals surface area contributed by atoms with Crippen LogP contribution in [0.15, 0.2) is 12.4 Å². The summed E-state index contributed by atoms with van der Waals surface area (Å²) in [5.41, 5.74) is 1.32. The minimum absolute atomic E-state index is 0.176. The van der Waals surface area contributed by atoms with Crippen molar-refractivity contribution in [1.29, 1.82) is 0 Å². The molecular formula is C13H22N2O. The van der Waals surface area contributed by atoms with Crippen molar-refractivity contribution in [3.8, 4) is 0 Å². The van der Waals surface area contributed by atoms with E-state index in [1.165, 1.54) is 25.7 Å². The second kappa shape index (κ2) is 4.58. The first-order valence-corrected chi connectivity index (χ1v) is 6.32. The lowest BCUT2D eigenvalue weighted by Crippen LogP contribution is -2.33. The molecule has 1 aromatic heterocycles. The molecule has 0 aliphatic heterocycles. The maximum absolute atomic E-state index is 10.4. The van der Waals surface area contributed by atoms with Crippen LogP contribution in [-0.2, 0) is 13.5 Å². The van der Waals surface area contributed by atoms with Crippen molar-refractivity contribution in [2.45, 2.75) is 51.6 Å². The summed E-state index contributed by atoms with van der Waals surface area (Å²) in [5.74, 6) is 0. The van der Waals surface area contributed by atoms with Gasteiger partial charge in [0.15, 0.2) is 0 Å². The zero-order valence-corrected chi connectivity index (χ0v) is 10.3. The van der Waals surface area contributed by atoms with E-state index in [4.69, 9.17) is 0 Å². The lowest BCUT2D eigenvalue weighted by Gasteiger charge is -2.33. The van der Waals surface area contributed by atoms with Crippen molar-refractivity contribution in [2.24, 2.45) is 12.5 Å². The van der Waals surface area contributed by atoms with E-state index in [1.807, 2.05) is 19.4 Å². The van der Waals surface area contributed by atoms with Gasteiger partial charge in [-0.3, -0.25) is 4.68 Å². The zero-order valence-electron chi connectivity index (χ0n) is 10.3. The number of aliphatic hydroxyl groups is 1. The summed E-state index contributed by atoms with van der Waals surface area (Å²) >= 11 is 0. The molecule has 1 fully saturated rings. The molecule has 90 valence electrons. The summed E-state index contributed by atoms with van der Waals surface area (Å²) in [5, 5.41) is 14.6. The minimum atomic E-state index is -0.204. The topological polar surface area (TPSA) is 38.1 Å². The predicted octanol–water partition coefficient (Wildman–Crippen LogP) is 2.29. The van der Waals surface area contributed by atoms with Crippen LogP contribution in [0.2, 0.25) is 0 Å². The van der Waals surface area contributed by atoms with Crippen LogP contribution in [0.1, 0.15) is 44.6 Å². The molecule has 3 heteroatoms. The molecule has 16 heavy (non-hydrogen) atoms. The standard InChI is InChI=1S/C13H22N2O/c1-3-13(6-4-5-7-13)12(16)8-11-9-14-15(2)10-11/h9-10,12,16H,3-8H2,1-2H3. The number of aliphatic hydroxyl groups excluding tert-OH is 1. The Hall–Kier alpha value is -0.830. The van der Waals surface area contributed by atoms with Gasteiger partial charge in [-0.2, -0.15) is 5.10 Å². The van der Waals surface area contributed by atoms with Gasteiger partial charge in [0.25, 0.3) is 0 Å². The molecule has 1 unspecified atom stereocenters. The van der Waals surface area contributed by atoms with Crippen LogP contribution in [0.4, 0.5) is 0 Å². The number of rotatable bonds is 4. The summed E-state index contributed by atoms with van der Waals surface area (Å²) in [4.78, 5) is 0. The minimum Gasteiger partial charge on any atom is -0.392 e. The molecule has 1 atom stereocenters. The Balaban J connectivity index is 2.03. The van der Waals surface area contributed by atoms with Gasteiger partial charge in [0, 0.05) is 19.7 Å². The Morgan fingerprint density at radius 1 is 1.50 bits per heavy atom. The van der Waals surface area contributed by atoms with Crippen LogP contribution >= 0.6 is 0 Å². The number of hydrogen-bond acceptors (Lipinski definition) is 2. The largest absolute Gasteiger partial charge is 0.392 e. The molecule has 0 saturated heterocycles. The maximum Gasteiger partial charge on any atom is 0.0637 e. The van der Waals surface area contributed by atoms with Crippen molar-refractivity contribution in [2.75, 3.05) is 0 Å². The third-order valence-corrected chi connectivity index (χ3v) is 4.20. The Kier molecular flexibility index (Phi) is 3.33. The quantitative estimate of drug-likeness (QED) is 0.849. The van der Waals surface area contributed by atoms with Gasteiger partial charge in [0.1, 0.15) is 0 Å². The van der Waals surface area contributed by atoms with Gasteiger partial charge in [-0.25, -0.2) is 0 Å². The third kappa shape index (κ3) is 2.14. The summed E-state index contributed by atoms with van der Waals surface area (Å²) in [6.07, 6.45) is 10.4. The predicted molar refractivity (Wildman–Crippen MR) is 64.1 cm³/mol. The van der Waals surface area contributed by atoms with Crippen molar-refractivity contribution in [3.63, 3.8) is 0 Å². The van der Waals surface area contributed by atoms with E-state index in [2.05, 4.69) is 12.0 Å². The van der Waals surface area contributed by atoms with E-state index in [1.54, 1.807) is 4.68 Å². The number of nitrogens with zero attached hydrogens (tertiary/aromatic N) is 2. The summed E-state index contributed by atoms with van der Waals surface area (Å²) in [6, 6.07) is 0. The highest BCUT2D eigenvalue weighted by molar-refractivity contribution is 5.07. The molecule has 0 spiro atoms. The highest BCUT2D eigenvalue weighted by Gasteiger charge is 2.38. The average molecular weight is 222 g/mol.